The lowest BCUT2D eigenvalue weighted by molar-refractivity contribution is 0.385. The fourth-order valence-electron chi connectivity index (χ4n) is 4.70. The molecule has 2 aliphatic rings. The van der Waals surface area contributed by atoms with Gasteiger partial charge in [0.25, 0.3) is 0 Å². The number of hydrogen-bond acceptors (Lipinski definition) is 5. The predicted octanol–water partition coefficient (Wildman–Crippen LogP) is 4.12. The van der Waals surface area contributed by atoms with Crippen molar-refractivity contribution in [1.29, 1.82) is 0 Å². The highest BCUT2D eigenvalue weighted by atomic mass is 32.1. The van der Waals surface area contributed by atoms with Crippen LogP contribution in [0, 0.1) is 6.92 Å². The van der Waals surface area contributed by atoms with Crippen LogP contribution < -0.4 is 20.9 Å². The first-order valence-corrected chi connectivity index (χ1v) is 12.3. The van der Waals surface area contributed by atoms with Gasteiger partial charge in [-0.2, -0.15) is 4.98 Å². The Morgan fingerprint density at radius 2 is 1.69 bits per heavy atom. The molecule has 0 amide bonds. The molecule has 172 valence electrons. The third-order valence-electron chi connectivity index (χ3n) is 6.55. The maximum atomic E-state index is 5.53. The van der Waals surface area contributed by atoms with Crippen molar-refractivity contribution in [3.05, 3.63) is 46.6 Å². The van der Waals surface area contributed by atoms with Gasteiger partial charge in [0, 0.05) is 38.3 Å². The van der Waals surface area contributed by atoms with Crippen molar-refractivity contribution in [3.63, 3.8) is 0 Å². The summed E-state index contributed by atoms with van der Waals surface area (Å²) in [7, 11) is 4.15. The molecule has 6 nitrogen and oxygen atoms in total. The Balaban J connectivity index is 1.25. The Kier molecular flexibility index (Phi) is 7.45. The molecule has 2 aromatic rings. The fraction of sp³-hybridized carbons (Fsp3) is 0.560. The number of nitrogens with one attached hydrogen (secondary N) is 3. The van der Waals surface area contributed by atoms with Crippen LogP contribution >= 0.6 is 12.2 Å². The highest BCUT2D eigenvalue weighted by Gasteiger charge is 2.24. The first-order valence-electron chi connectivity index (χ1n) is 11.9. The number of benzene rings is 1. The van der Waals surface area contributed by atoms with E-state index in [1.807, 2.05) is 0 Å². The summed E-state index contributed by atoms with van der Waals surface area (Å²) in [6.07, 6.45) is 9.00. The predicted molar refractivity (Wildman–Crippen MR) is 136 cm³/mol. The number of aromatic nitrogens is 2. The summed E-state index contributed by atoms with van der Waals surface area (Å²) >= 11 is 5.53. The van der Waals surface area contributed by atoms with Gasteiger partial charge in [-0.1, -0.05) is 29.8 Å². The van der Waals surface area contributed by atoms with E-state index in [-0.39, 0.29) is 0 Å². The number of hydrogen-bond donors (Lipinski definition) is 3. The van der Waals surface area contributed by atoms with Crippen molar-refractivity contribution in [2.45, 2.75) is 76.9 Å². The van der Waals surface area contributed by atoms with E-state index >= 15 is 0 Å². The number of fused-ring (bicyclic) bond motifs is 1. The van der Waals surface area contributed by atoms with Gasteiger partial charge in [0.1, 0.15) is 5.82 Å². The van der Waals surface area contributed by atoms with E-state index in [2.05, 4.69) is 66.1 Å². The molecular weight excluding hydrogens is 416 g/mol. The van der Waals surface area contributed by atoms with Gasteiger partial charge in [-0.25, -0.2) is 4.98 Å². The summed E-state index contributed by atoms with van der Waals surface area (Å²) in [6.45, 7) is 2.86. The van der Waals surface area contributed by atoms with Gasteiger partial charge in [-0.3, -0.25) is 0 Å². The van der Waals surface area contributed by atoms with Crippen LogP contribution in [0.25, 0.3) is 0 Å². The summed E-state index contributed by atoms with van der Waals surface area (Å²) in [4.78, 5) is 11.9. The van der Waals surface area contributed by atoms with Crippen molar-refractivity contribution in [3.8, 4) is 0 Å². The monoisotopic (exact) mass is 452 g/mol. The maximum Gasteiger partial charge on any atom is 0.225 e. The summed E-state index contributed by atoms with van der Waals surface area (Å²) in [6, 6.07) is 9.40. The van der Waals surface area contributed by atoms with Crippen molar-refractivity contribution in [2.75, 3.05) is 24.3 Å². The minimum absolute atomic E-state index is 0.416. The summed E-state index contributed by atoms with van der Waals surface area (Å²) in [5, 5.41) is 11.2. The van der Waals surface area contributed by atoms with Crippen LogP contribution in [0.2, 0.25) is 0 Å². The number of anilines is 2. The molecule has 0 radical (unpaired) electrons. The third kappa shape index (κ3) is 5.88. The molecule has 0 spiro atoms. The average molecular weight is 453 g/mol. The summed E-state index contributed by atoms with van der Waals surface area (Å²) in [5.74, 6) is 1.87. The molecule has 1 fully saturated rings. The first-order chi connectivity index (χ1) is 15.5. The molecule has 1 heterocycles. The van der Waals surface area contributed by atoms with Gasteiger partial charge < -0.3 is 20.9 Å². The van der Waals surface area contributed by atoms with Crippen molar-refractivity contribution >= 4 is 29.1 Å². The highest BCUT2D eigenvalue weighted by molar-refractivity contribution is 7.80. The van der Waals surface area contributed by atoms with E-state index in [1.54, 1.807) is 0 Å². The lowest BCUT2D eigenvalue weighted by Crippen LogP contribution is -2.44. The second kappa shape index (κ2) is 10.5. The third-order valence-corrected chi connectivity index (χ3v) is 6.82. The van der Waals surface area contributed by atoms with Gasteiger partial charge >= 0.3 is 0 Å². The fourth-order valence-corrected chi connectivity index (χ4v) is 4.94. The molecule has 0 bridgehead atoms. The largest absolute Gasteiger partial charge is 0.362 e. The average Bonchev–Trinajstić information content (AvgIpc) is 2.79. The topological polar surface area (TPSA) is 65.1 Å². The molecule has 0 saturated heterocycles. The Labute approximate surface area is 197 Å². The van der Waals surface area contributed by atoms with Gasteiger partial charge in [0.05, 0.1) is 5.69 Å². The Morgan fingerprint density at radius 3 is 2.41 bits per heavy atom. The molecule has 2 aliphatic carbocycles. The van der Waals surface area contributed by atoms with Crippen LogP contribution in [0.15, 0.2) is 24.3 Å². The first kappa shape index (κ1) is 22.8. The Hall–Kier alpha value is -2.41. The van der Waals surface area contributed by atoms with Crippen LogP contribution in [0.4, 0.5) is 11.8 Å². The minimum atomic E-state index is 0.416. The van der Waals surface area contributed by atoms with Crippen LogP contribution in [-0.2, 0) is 19.4 Å². The van der Waals surface area contributed by atoms with Gasteiger partial charge in [0.15, 0.2) is 5.11 Å². The van der Waals surface area contributed by atoms with Crippen molar-refractivity contribution in [2.24, 2.45) is 0 Å². The molecule has 3 N–H and O–H groups in total. The lowest BCUT2D eigenvalue weighted by Gasteiger charge is -2.31. The van der Waals surface area contributed by atoms with Gasteiger partial charge in [-0.05, 0) is 76.1 Å². The number of nitrogens with zero attached hydrogens (tertiary/aromatic N) is 3. The molecule has 7 heteroatoms. The van der Waals surface area contributed by atoms with Gasteiger partial charge in [0.2, 0.25) is 5.95 Å². The molecule has 1 saturated carbocycles. The summed E-state index contributed by atoms with van der Waals surface area (Å²) in [5.41, 5.74) is 5.09. The van der Waals surface area contributed by atoms with E-state index in [0.29, 0.717) is 12.1 Å². The maximum absolute atomic E-state index is 5.53. The minimum Gasteiger partial charge on any atom is -0.362 e. The smallest absolute Gasteiger partial charge is 0.225 e. The van der Waals surface area contributed by atoms with Crippen LogP contribution in [0.1, 0.15) is 60.9 Å². The van der Waals surface area contributed by atoms with E-state index < -0.39 is 0 Å². The lowest BCUT2D eigenvalue weighted by atomic mass is 9.91. The normalized spacial score (nSPS) is 20.2. The van der Waals surface area contributed by atoms with E-state index in [9.17, 15) is 0 Å². The summed E-state index contributed by atoms with van der Waals surface area (Å²) < 4.78 is 0. The van der Waals surface area contributed by atoms with Crippen molar-refractivity contribution in [1.82, 2.24) is 20.6 Å². The standard InChI is InChI=1S/C25H36N6S/c1-17-8-10-18(11-9-17)16-26-25(32)28-20-14-12-19(13-15-20)27-24-29-22-7-5-4-6-21(22)23(30-24)31(2)3/h8-11,19-20H,4-7,12-16H2,1-3H3,(H2,26,28,32)(H,27,29,30). The SMILES string of the molecule is Cc1ccc(CNC(=S)NC2CCC(Nc3nc4c(c(N(C)C)n3)CCCC4)CC2)cc1. The molecule has 32 heavy (non-hydrogen) atoms. The molecule has 0 unspecified atom stereocenters. The molecule has 1 aromatic heterocycles. The number of thiocarbonyl (C=S) groups is 1. The second-order valence-corrected chi connectivity index (χ2v) is 9.81. The molecule has 4 rings (SSSR count). The zero-order valence-electron chi connectivity index (χ0n) is 19.6. The van der Waals surface area contributed by atoms with Crippen LogP contribution in [0.5, 0.6) is 0 Å². The van der Waals surface area contributed by atoms with Gasteiger partial charge in [-0.15, -0.1) is 0 Å². The van der Waals surface area contributed by atoms with E-state index in [0.717, 1.165) is 61.9 Å². The van der Waals surface area contributed by atoms with Crippen LogP contribution in [-0.4, -0.2) is 41.3 Å². The number of rotatable bonds is 6. The Morgan fingerprint density at radius 1 is 1.00 bits per heavy atom. The molecule has 1 aromatic carbocycles. The molecule has 0 atom stereocenters. The molecule has 0 aliphatic heterocycles. The van der Waals surface area contributed by atoms with E-state index in [4.69, 9.17) is 22.2 Å². The zero-order valence-corrected chi connectivity index (χ0v) is 20.4. The quantitative estimate of drug-likeness (QED) is 0.570. The van der Waals surface area contributed by atoms with Crippen LogP contribution in [0.3, 0.4) is 0 Å². The van der Waals surface area contributed by atoms with Crippen molar-refractivity contribution < 1.29 is 0 Å². The Bertz CT molecular complexity index is 919. The zero-order chi connectivity index (χ0) is 22.5. The van der Waals surface area contributed by atoms with E-state index in [1.165, 1.54) is 35.2 Å². The second-order valence-electron chi connectivity index (χ2n) is 9.40. The highest BCUT2D eigenvalue weighted by Crippen LogP contribution is 2.29. The number of aryl methyl sites for hydroxylation is 2. The molecular formula is C25H36N6S.